The maximum atomic E-state index is 11.8. The van der Waals surface area contributed by atoms with Crippen LogP contribution in [0.2, 0.25) is 0 Å². The van der Waals surface area contributed by atoms with E-state index in [4.69, 9.17) is 23.2 Å². The van der Waals surface area contributed by atoms with Crippen molar-refractivity contribution in [2.24, 2.45) is 0 Å². The number of allylic oxidation sites excluding steroid dienone is 2. The number of carbonyl (C=O) groups excluding carboxylic acids is 2. The SMILES string of the molecule is O=C1C(=O)c2ccccc2C(O)=C1CC=C(Cl)Cl.[Na+]. The second-order valence-electron chi connectivity index (χ2n) is 3.73. The third-order valence-electron chi connectivity index (χ3n) is 2.65. The van der Waals surface area contributed by atoms with Gasteiger partial charge in [-0.25, -0.2) is 0 Å². The van der Waals surface area contributed by atoms with Crippen LogP contribution in [0.25, 0.3) is 5.76 Å². The monoisotopic (exact) mass is 305 g/mol. The summed E-state index contributed by atoms with van der Waals surface area (Å²) in [7, 11) is 0. The van der Waals surface area contributed by atoms with Gasteiger partial charge >= 0.3 is 29.6 Å². The molecule has 0 bridgehead atoms. The zero-order valence-electron chi connectivity index (χ0n) is 10.1. The van der Waals surface area contributed by atoms with Crippen LogP contribution in [0.4, 0.5) is 0 Å². The maximum absolute atomic E-state index is 11.8. The summed E-state index contributed by atoms with van der Waals surface area (Å²) in [6, 6.07) is 6.41. The molecule has 2 rings (SSSR count). The molecule has 1 N–H and O–H groups in total. The van der Waals surface area contributed by atoms with Crippen LogP contribution >= 0.6 is 23.2 Å². The van der Waals surface area contributed by atoms with E-state index in [0.717, 1.165) is 0 Å². The van der Waals surface area contributed by atoms with Gasteiger partial charge in [0.15, 0.2) is 0 Å². The first-order chi connectivity index (χ1) is 8.52. The standard InChI is InChI=1S/C13H8Cl2O3.Na/c14-10(15)6-5-9-11(16)7-3-1-2-4-8(7)12(17)13(9)18;/h1-4,6,16H,5H2;/q;+1. The summed E-state index contributed by atoms with van der Waals surface area (Å²) in [5.41, 5.74) is 0.582. The molecule has 0 unspecified atom stereocenters. The summed E-state index contributed by atoms with van der Waals surface area (Å²) in [6.45, 7) is 0. The van der Waals surface area contributed by atoms with Crippen molar-refractivity contribution in [1.29, 1.82) is 0 Å². The van der Waals surface area contributed by atoms with E-state index in [0.29, 0.717) is 5.56 Å². The number of ketones is 2. The van der Waals surface area contributed by atoms with Crippen LogP contribution in [0, 0.1) is 0 Å². The molecule has 0 atom stereocenters. The molecule has 19 heavy (non-hydrogen) atoms. The second kappa shape index (κ2) is 6.73. The van der Waals surface area contributed by atoms with Crippen LogP contribution in [0.3, 0.4) is 0 Å². The molecular weight excluding hydrogens is 298 g/mol. The molecule has 1 aliphatic rings. The van der Waals surface area contributed by atoms with Gasteiger partial charge in [0.2, 0.25) is 11.6 Å². The smallest absolute Gasteiger partial charge is 0.507 e. The summed E-state index contributed by atoms with van der Waals surface area (Å²) >= 11 is 10.9. The Bertz CT molecular complexity index is 602. The minimum absolute atomic E-state index is 0. The summed E-state index contributed by atoms with van der Waals surface area (Å²) in [6.07, 6.45) is 1.38. The van der Waals surface area contributed by atoms with E-state index in [1.54, 1.807) is 18.2 Å². The molecule has 1 aliphatic carbocycles. The van der Waals surface area contributed by atoms with Gasteiger partial charge in [-0.2, -0.15) is 0 Å². The van der Waals surface area contributed by atoms with Gasteiger partial charge < -0.3 is 5.11 Å². The first-order valence-corrected chi connectivity index (χ1v) is 5.89. The summed E-state index contributed by atoms with van der Waals surface area (Å²) in [4.78, 5) is 23.7. The minimum atomic E-state index is -0.725. The number of fused-ring (bicyclic) bond motifs is 1. The Morgan fingerprint density at radius 2 is 1.68 bits per heavy atom. The van der Waals surface area contributed by atoms with Crippen LogP contribution in [-0.2, 0) is 4.79 Å². The van der Waals surface area contributed by atoms with Crippen LogP contribution in [0.5, 0.6) is 0 Å². The van der Waals surface area contributed by atoms with E-state index < -0.39 is 11.6 Å². The van der Waals surface area contributed by atoms with Gasteiger partial charge in [0.25, 0.3) is 0 Å². The fourth-order valence-electron chi connectivity index (χ4n) is 1.79. The van der Waals surface area contributed by atoms with Crippen molar-refractivity contribution in [2.75, 3.05) is 0 Å². The van der Waals surface area contributed by atoms with E-state index in [1.807, 2.05) is 0 Å². The number of benzene rings is 1. The topological polar surface area (TPSA) is 54.4 Å². The molecule has 0 saturated carbocycles. The molecule has 1 aromatic rings. The number of rotatable bonds is 2. The van der Waals surface area contributed by atoms with E-state index in [-0.39, 0.29) is 57.4 Å². The van der Waals surface area contributed by atoms with Crippen molar-refractivity contribution in [3.8, 4) is 0 Å². The molecule has 3 nitrogen and oxygen atoms in total. The molecule has 0 saturated heterocycles. The number of carbonyl (C=O) groups is 2. The summed E-state index contributed by atoms with van der Waals surface area (Å²) in [5, 5.41) is 10.0. The zero-order valence-corrected chi connectivity index (χ0v) is 13.6. The van der Waals surface area contributed by atoms with E-state index in [2.05, 4.69) is 0 Å². The van der Waals surface area contributed by atoms with Gasteiger partial charge in [-0.3, -0.25) is 9.59 Å². The number of hydrogen-bond acceptors (Lipinski definition) is 3. The summed E-state index contributed by atoms with van der Waals surface area (Å²) < 4.78 is -0.0191. The number of aliphatic hydroxyl groups is 1. The van der Waals surface area contributed by atoms with Gasteiger partial charge in [-0.05, 0) is 6.08 Å². The molecule has 0 heterocycles. The zero-order chi connectivity index (χ0) is 13.3. The van der Waals surface area contributed by atoms with Crippen LogP contribution in [0.1, 0.15) is 22.3 Å². The van der Waals surface area contributed by atoms with Crippen LogP contribution < -0.4 is 29.6 Å². The molecule has 0 radical (unpaired) electrons. The molecule has 0 aromatic heterocycles. The molecule has 1 aromatic carbocycles. The van der Waals surface area contributed by atoms with Crippen molar-refractivity contribution in [2.45, 2.75) is 6.42 Å². The van der Waals surface area contributed by atoms with E-state index in [1.165, 1.54) is 12.1 Å². The fraction of sp³-hybridized carbons (Fsp3) is 0.0769. The van der Waals surface area contributed by atoms with Gasteiger partial charge in [0.1, 0.15) is 10.3 Å². The van der Waals surface area contributed by atoms with Crippen molar-refractivity contribution in [1.82, 2.24) is 0 Å². The van der Waals surface area contributed by atoms with Crippen molar-refractivity contribution in [3.05, 3.63) is 51.5 Å². The molecule has 0 aliphatic heterocycles. The number of halogens is 2. The minimum Gasteiger partial charge on any atom is -0.507 e. The third-order valence-corrected chi connectivity index (χ3v) is 2.96. The fourth-order valence-corrected chi connectivity index (χ4v) is 1.94. The Balaban J connectivity index is 0.00000180. The Kier molecular flexibility index (Phi) is 5.83. The second-order valence-corrected chi connectivity index (χ2v) is 4.74. The predicted molar refractivity (Wildman–Crippen MR) is 69.7 cm³/mol. The van der Waals surface area contributed by atoms with Gasteiger partial charge in [-0.15, -0.1) is 0 Å². The van der Waals surface area contributed by atoms with Crippen molar-refractivity contribution in [3.63, 3.8) is 0 Å². The Labute approximate surface area is 142 Å². The average molecular weight is 306 g/mol. The maximum Gasteiger partial charge on any atom is 1.00 e. The molecule has 0 fully saturated rings. The molecule has 0 amide bonds. The third kappa shape index (κ3) is 3.30. The normalized spacial score (nSPS) is 13.8. The van der Waals surface area contributed by atoms with E-state index in [9.17, 15) is 14.7 Å². The number of Topliss-reactive ketones (excluding diaryl/α,β-unsaturated/α-hetero) is 2. The first kappa shape index (κ1) is 16.5. The largest absolute Gasteiger partial charge is 1.00 e. The number of hydrogen-bond donors (Lipinski definition) is 1. The average Bonchev–Trinajstić information content (AvgIpc) is 2.36. The van der Waals surface area contributed by atoms with Gasteiger partial charge in [0, 0.05) is 23.1 Å². The first-order valence-electron chi connectivity index (χ1n) is 5.14. The molecule has 6 heteroatoms. The molecule has 92 valence electrons. The summed E-state index contributed by atoms with van der Waals surface area (Å²) in [5.74, 6) is -1.55. The molecular formula is C13H8Cl2NaO3+. The quantitative estimate of drug-likeness (QED) is 0.637. The van der Waals surface area contributed by atoms with Crippen molar-refractivity contribution >= 4 is 40.5 Å². The Hall–Kier alpha value is -0.580. The molecule has 0 spiro atoms. The van der Waals surface area contributed by atoms with Crippen LogP contribution in [-0.4, -0.2) is 16.7 Å². The van der Waals surface area contributed by atoms with Crippen LogP contribution in [0.15, 0.2) is 40.4 Å². The Morgan fingerprint density at radius 1 is 1.11 bits per heavy atom. The van der Waals surface area contributed by atoms with E-state index >= 15 is 0 Å². The van der Waals surface area contributed by atoms with Gasteiger partial charge in [0.05, 0.1) is 0 Å². The Morgan fingerprint density at radius 3 is 2.26 bits per heavy atom. The van der Waals surface area contributed by atoms with Gasteiger partial charge in [-0.1, -0.05) is 47.5 Å². The number of aliphatic hydroxyl groups excluding tert-OH is 1. The van der Waals surface area contributed by atoms with Crippen molar-refractivity contribution < 1.29 is 44.3 Å². The predicted octanol–water partition coefficient (Wildman–Crippen LogP) is 0.434.